The fourth-order valence-electron chi connectivity index (χ4n) is 2.73. The fraction of sp³-hybridized carbons (Fsp3) is 0.471. The minimum atomic E-state index is 0.991. The zero-order valence-electron chi connectivity index (χ0n) is 12.9. The monoisotopic (exact) mass is 301 g/mol. The molecule has 1 aromatic heterocycles. The maximum absolute atomic E-state index is 4.72. The van der Waals surface area contributed by atoms with Gasteiger partial charge in [-0.15, -0.1) is 11.3 Å². The van der Waals surface area contributed by atoms with Crippen molar-refractivity contribution in [2.75, 3.05) is 18.4 Å². The van der Waals surface area contributed by atoms with Gasteiger partial charge in [0.15, 0.2) is 5.13 Å². The van der Waals surface area contributed by atoms with Crippen LogP contribution in [0.25, 0.3) is 0 Å². The van der Waals surface area contributed by atoms with Crippen molar-refractivity contribution in [2.24, 2.45) is 0 Å². The van der Waals surface area contributed by atoms with Gasteiger partial charge in [-0.25, -0.2) is 4.98 Å². The highest BCUT2D eigenvalue weighted by Gasteiger charge is 2.12. The van der Waals surface area contributed by atoms with Crippen molar-refractivity contribution in [1.82, 2.24) is 9.88 Å². The molecule has 2 heterocycles. The summed E-state index contributed by atoms with van der Waals surface area (Å²) in [4.78, 5) is 7.23. The molecule has 4 heteroatoms. The Morgan fingerprint density at radius 1 is 1.14 bits per heavy atom. The molecule has 0 bridgehead atoms. The molecule has 2 aromatic rings. The predicted molar refractivity (Wildman–Crippen MR) is 90.4 cm³/mol. The first-order valence-electron chi connectivity index (χ1n) is 7.72. The van der Waals surface area contributed by atoms with E-state index in [-0.39, 0.29) is 0 Å². The molecular weight excluding hydrogens is 278 g/mol. The molecule has 0 unspecified atom stereocenters. The molecule has 3 rings (SSSR count). The van der Waals surface area contributed by atoms with Gasteiger partial charge in [0.1, 0.15) is 0 Å². The lowest BCUT2D eigenvalue weighted by molar-refractivity contribution is 0.219. The molecule has 1 aliphatic rings. The lowest BCUT2D eigenvalue weighted by Crippen LogP contribution is -2.29. The summed E-state index contributed by atoms with van der Waals surface area (Å²) in [6, 6.07) is 6.45. The Morgan fingerprint density at radius 2 is 1.95 bits per heavy atom. The first-order valence-corrected chi connectivity index (χ1v) is 8.60. The Morgan fingerprint density at radius 3 is 2.71 bits per heavy atom. The van der Waals surface area contributed by atoms with Crippen LogP contribution >= 0.6 is 11.3 Å². The average molecular weight is 301 g/mol. The van der Waals surface area contributed by atoms with Gasteiger partial charge in [0, 0.05) is 17.6 Å². The summed E-state index contributed by atoms with van der Waals surface area (Å²) in [6.07, 6.45) is 4.04. The van der Waals surface area contributed by atoms with Gasteiger partial charge in [-0.3, -0.25) is 4.90 Å². The molecular formula is C17H23N3S. The van der Waals surface area contributed by atoms with E-state index in [4.69, 9.17) is 4.98 Å². The summed E-state index contributed by atoms with van der Waals surface area (Å²) < 4.78 is 0. The van der Waals surface area contributed by atoms with Gasteiger partial charge in [-0.05, 0) is 63.0 Å². The Hall–Kier alpha value is -1.39. The number of likely N-dealkylation sites (tertiary alicyclic amines) is 1. The van der Waals surface area contributed by atoms with Crippen LogP contribution in [0.1, 0.15) is 36.1 Å². The van der Waals surface area contributed by atoms with Crippen molar-refractivity contribution < 1.29 is 0 Å². The molecule has 0 atom stereocenters. The third kappa shape index (κ3) is 3.83. The van der Waals surface area contributed by atoms with Crippen molar-refractivity contribution in [3.63, 3.8) is 0 Å². The van der Waals surface area contributed by atoms with Gasteiger partial charge in [0.2, 0.25) is 0 Å². The molecule has 3 nitrogen and oxygen atoms in total. The van der Waals surface area contributed by atoms with E-state index in [0.29, 0.717) is 0 Å². The maximum atomic E-state index is 4.72. The molecule has 1 fully saturated rings. The van der Waals surface area contributed by atoms with Crippen LogP contribution < -0.4 is 5.32 Å². The Balaban J connectivity index is 1.62. The van der Waals surface area contributed by atoms with Crippen molar-refractivity contribution in [2.45, 2.75) is 39.7 Å². The minimum Gasteiger partial charge on any atom is -0.332 e. The quantitative estimate of drug-likeness (QED) is 0.902. The van der Waals surface area contributed by atoms with Crippen molar-refractivity contribution in [3.05, 3.63) is 40.4 Å². The van der Waals surface area contributed by atoms with Crippen LogP contribution in [0.4, 0.5) is 10.8 Å². The SMILES string of the molecule is Cc1ccc(Nc2nc(CN3CCCCC3)cs2)cc1C. The van der Waals surface area contributed by atoms with E-state index >= 15 is 0 Å². The number of benzene rings is 1. The number of thiazole rings is 1. The van der Waals surface area contributed by atoms with E-state index in [1.807, 2.05) is 0 Å². The Bertz CT molecular complexity index is 600. The summed E-state index contributed by atoms with van der Waals surface area (Å²) >= 11 is 1.69. The van der Waals surface area contributed by atoms with Crippen molar-refractivity contribution in [1.29, 1.82) is 0 Å². The van der Waals surface area contributed by atoms with E-state index in [0.717, 1.165) is 17.4 Å². The Kier molecular flexibility index (Phi) is 4.56. The first kappa shape index (κ1) is 14.5. The third-order valence-electron chi connectivity index (χ3n) is 4.14. The number of aryl methyl sites for hydroxylation is 2. The average Bonchev–Trinajstić information content (AvgIpc) is 2.91. The van der Waals surface area contributed by atoms with Gasteiger partial charge in [-0.2, -0.15) is 0 Å². The minimum absolute atomic E-state index is 0.991. The molecule has 1 N–H and O–H groups in total. The summed E-state index contributed by atoms with van der Waals surface area (Å²) in [7, 11) is 0. The number of anilines is 2. The van der Waals surface area contributed by atoms with E-state index in [1.54, 1.807) is 11.3 Å². The topological polar surface area (TPSA) is 28.2 Å². The van der Waals surface area contributed by atoms with Crippen LogP contribution in [-0.4, -0.2) is 23.0 Å². The van der Waals surface area contributed by atoms with Crippen LogP contribution in [0.15, 0.2) is 23.6 Å². The van der Waals surface area contributed by atoms with Crippen molar-refractivity contribution in [3.8, 4) is 0 Å². The second kappa shape index (κ2) is 6.58. The van der Waals surface area contributed by atoms with Crippen LogP contribution in [0.2, 0.25) is 0 Å². The van der Waals surface area contributed by atoms with Crippen LogP contribution in [-0.2, 0) is 6.54 Å². The molecule has 0 radical (unpaired) electrons. The lowest BCUT2D eigenvalue weighted by Gasteiger charge is -2.25. The smallest absolute Gasteiger partial charge is 0.187 e. The molecule has 1 aliphatic heterocycles. The van der Waals surface area contributed by atoms with Gasteiger partial charge < -0.3 is 5.32 Å². The number of piperidine rings is 1. The zero-order chi connectivity index (χ0) is 14.7. The first-order chi connectivity index (χ1) is 10.2. The molecule has 0 spiro atoms. The van der Waals surface area contributed by atoms with E-state index in [2.05, 4.69) is 47.6 Å². The third-order valence-corrected chi connectivity index (χ3v) is 4.95. The summed E-state index contributed by atoms with van der Waals surface area (Å²) in [5.74, 6) is 0. The van der Waals surface area contributed by atoms with Gasteiger partial charge in [0.05, 0.1) is 5.69 Å². The largest absolute Gasteiger partial charge is 0.332 e. The van der Waals surface area contributed by atoms with Crippen LogP contribution in [0, 0.1) is 13.8 Å². The van der Waals surface area contributed by atoms with E-state index in [1.165, 1.54) is 49.2 Å². The lowest BCUT2D eigenvalue weighted by atomic mass is 10.1. The second-order valence-electron chi connectivity index (χ2n) is 5.90. The highest BCUT2D eigenvalue weighted by Crippen LogP contribution is 2.23. The molecule has 0 saturated carbocycles. The van der Waals surface area contributed by atoms with Gasteiger partial charge >= 0.3 is 0 Å². The predicted octanol–water partition coefficient (Wildman–Crippen LogP) is 4.49. The normalized spacial score (nSPS) is 16.1. The van der Waals surface area contributed by atoms with Crippen LogP contribution in [0.5, 0.6) is 0 Å². The zero-order valence-corrected chi connectivity index (χ0v) is 13.7. The van der Waals surface area contributed by atoms with Crippen LogP contribution in [0.3, 0.4) is 0 Å². The number of rotatable bonds is 4. The maximum Gasteiger partial charge on any atom is 0.187 e. The highest BCUT2D eigenvalue weighted by atomic mass is 32.1. The number of hydrogen-bond acceptors (Lipinski definition) is 4. The van der Waals surface area contributed by atoms with E-state index in [9.17, 15) is 0 Å². The number of nitrogens with zero attached hydrogens (tertiary/aromatic N) is 2. The molecule has 0 aliphatic carbocycles. The molecule has 112 valence electrons. The molecule has 1 aromatic carbocycles. The molecule has 0 amide bonds. The van der Waals surface area contributed by atoms with E-state index < -0.39 is 0 Å². The summed E-state index contributed by atoms with van der Waals surface area (Å²) in [5, 5.41) is 6.59. The standard InChI is InChI=1S/C17H23N3S/c1-13-6-7-15(10-14(13)2)18-17-19-16(12-21-17)11-20-8-4-3-5-9-20/h6-7,10,12H,3-5,8-9,11H2,1-2H3,(H,18,19). The fourth-order valence-corrected chi connectivity index (χ4v) is 3.45. The summed E-state index contributed by atoms with van der Waals surface area (Å²) in [6.45, 7) is 7.71. The van der Waals surface area contributed by atoms with Gasteiger partial charge in [-0.1, -0.05) is 12.5 Å². The summed E-state index contributed by atoms with van der Waals surface area (Å²) in [5.41, 5.74) is 4.95. The Labute approximate surface area is 131 Å². The number of aromatic nitrogens is 1. The molecule has 21 heavy (non-hydrogen) atoms. The highest BCUT2D eigenvalue weighted by molar-refractivity contribution is 7.13. The van der Waals surface area contributed by atoms with Gasteiger partial charge in [0.25, 0.3) is 0 Å². The number of hydrogen-bond donors (Lipinski definition) is 1. The van der Waals surface area contributed by atoms with Crippen molar-refractivity contribution >= 4 is 22.2 Å². The second-order valence-corrected chi connectivity index (χ2v) is 6.76. The number of nitrogens with one attached hydrogen (secondary N) is 1. The molecule has 1 saturated heterocycles.